The van der Waals surface area contributed by atoms with Crippen molar-refractivity contribution in [2.45, 2.75) is 57.3 Å². The maximum absolute atomic E-state index is 13.6. The molecule has 34 heavy (non-hydrogen) atoms. The molecule has 1 aromatic carbocycles. The third-order valence-electron chi connectivity index (χ3n) is 6.55. The molecule has 0 saturated carbocycles. The number of alkyl halides is 2. The van der Waals surface area contributed by atoms with Gasteiger partial charge in [-0.3, -0.25) is 8.99 Å². The van der Waals surface area contributed by atoms with Gasteiger partial charge in [0.05, 0.1) is 33.7 Å². The van der Waals surface area contributed by atoms with E-state index in [1.807, 2.05) is 0 Å². The molecule has 2 aromatic rings. The summed E-state index contributed by atoms with van der Waals surface area (Å²) >= 11 is 12.8. The van der Waals surface area contributed by atoms with Crippen molar-refractivity contribution in [2.24, 2.45) is 13.0 Å². The van der Waals surface area contributed by atoms with Gasteiger partial charge in [0.25, 0.3) is 16.4 Å². The number of likely N-dealkylation sites (tertiary alicyclic amines) is 1. The van der Waals surface area contributed by atoms with E-state index in [-0.39, 0.29) is 20.6 Å². The lowest BCUT2D eigenvalue weighted by Gasteiger charge is -2.28. The van der Waals surface area contributed by atoms with Crippen molar-refractivity contribution in [3.8, 4) is 0 Å². The van der Waals surface area contributed by atoms with Gasteiger partial charge in [0.1, 0.15) is 4.90 Å². The number of piperidine rings is 1. The van der Waals surface area contributed by atoms with Crippen LogP contribution in [-0.4, -0.2) is 56.2 Å². The molecule has 1 aliphatic heterocycles. The van der Waals surface area contributed by atoms with E-state index >= 15 is 0 Å². The van der Waals surface area contributed by atoms with Gasteiger partial charge in [-0.15, -0.1) is 0 Å². The second-order valence-electron chi connectivity index (χ2n) is 9.10. The zero-order valence-electron chi connectivity index (χ0n) is 20.0. The van der Waals surface area contributed by atoms with E-state index in [4.69, 9.17) is 23.2 Å². The quantitative estimate of drug-likeness (QED) is 0.426. The van der Waals surface area contributed by atoms with Crippen molar-refractivity contribution >= 4 is 38.9 Å². The van der Waals surface area contributed by atoms with E-state index in [1.54, 1.807) is 33.0 Å². The van der Waals surface area contributed by atoms with Gasteiger partial charge in [-0.05, 0) is 83.3 Å². The Morgan fingerprint density at radius 1 is 1.15 bits per heavy atom. The van der Waals surface area contributed by atoms with Gasteiger partial charge < -0.3 is 4.90 Å². The number of anilines is 1. The number of sulfonamides is 1. The normalized spacial score (nSPS) is 15.9. The first-order valence-corrected chi connectivity index (χ1v) is 13.6. The predicted molar refractivity (Wildman–Crippen MR) is 133 cm³/mol. The molecule has 0 amide bonds. The van der Waals surface area contributed by atoms with E-state index in [0.29, 0.717) is 28.0 Å². The average molecular weight is 538 g/mol. The number of benzene rings is 1. The molecule has 0 N–H and O–H groups in total. The van der Waals surface area contributed by atoms with Crippen LogP contribution >= 0.6 is 23.2 Å². The van der Waals surface area contributed by atoms with Crippen LogP contribution in [0.2, 0.25) is 10.0 Å². The Labute approximate surface area is 210 Å². The molecule has 0 unspecified atom stereocenters. The van der Waals surface area contributed by atoms with Crippen LogP contribution in [0.3, 0.4) is 0 Å². The second-order valence-corrected chi connectivity index (χ2v) is 11.7. The number of halogens is 4. The maximum atomic E-state index is 13.6. The minimum atomic E-state index is -4.47. The number of hydrogen-bond donors (Lipinski definition) is 0. The minimum Gasteiger partial charge on any atom is -0.306 e. The predicted octanol–water partition coefficient (Wildman–Crippen LogP) is 5.47. The van der Waals surface area contributed by atoms with Gasteiger partial charge in [0.15, 0.2) is 0 Å². The van der Waals surface area contributed by atoms with Crippen LogP contribution in [0.15, 0.2) is 17.0 Å². The number of nitrogens with zero attached hydrogens (tertiary/aromatic N) is 4. The monoisotopic (exact) mass is 536 g/mol. The van der Waals surface area contributed by atoms with Crippen LogP contribution in [0.5, 0.6) is 0 Å². The molecule has 0 radical (unpaired) electrons. The summed E-state index contributed by atoms with van der Waals surface area (Å²) in [5, 5.41) is 4.04. The lowest BCUT2D eigenvalue weighted by Crippen LogP contribution is -2.36. The van der Waals surface area contributed by atoms with Crippen molar-refractivity contribution in [3.05, 3.63) is 39.1 Å². The van der Waals surface area contributed by atoms with Crippen molar-refractivity contribution in [1.29, 1.82) is 0 Å². The van der Waals surface area contributed by atoms with E-state index in [9.17, 15) is 17.2 Å². The molecule has 0 spiro atoms. The zero-order valence-corrected chi connectivity index (χ0v) is 22.3. The zero-order chi connectivity index (χ0) is 25.2. The Balaban J connectivity index is 1.85. The van der Waals surface area contributed by atoms with Gasteiger partial charge in [0.2, 0.25) is 0 Å². The maximum Gasteiger partial charge on any atom is 0.267 e. The summed E-state index contributed by atoms with van der Waals surface area (Å²) in [6.45, 7) is 4.40. The standard InChI is InChI=1S/C23H32Cl2F2N4O2S/c1-15-22(16(2)30(4)28-15)31(14-21(26)27)34(32,33)23-19(24)12-18(13-20(23)25)7-5-6-17-8-10-29(3)11-9-17/h12-13,17,21H,5-11,14H2,1-4H3. The Kier molecular flexibility index (Phi) is 8.87. The molecule has 2 heterocycles. The molecular weight excluding hydrogens is 505 g/mol. The number of rotatable bonds is 9. The largest absolute Gasteiger partial charge is 0.306 e. The summed E-state index contributed by atoms with van der Waals surface area (Å²) in [7, 11) is -0.712. The summed E-state index contributed by atoms with van der Waals surface area (Å²) in [6.07, 6.45) is 2.22. The summed E-state index contributed by atoms with van der Waals surface area (Å²) < 4.78 is 56.2. The van der Waals surface area contributed by atoms with Crippen molar-refractivity contribution in [3.63, 3.8) is 0 Å². The van der Waals surface area contributed by atoms with Crippen molar-refractivity contribution in [1.82, 2.24) is 14.7 Å². The van der Waals surface area contributed by atoms with E-state index in [0.717, 1.165) is 31.5 Å². The SMILES string of the molecule is Cc1nn(C)c(C)c1N(CC(F)F)S(=O)(=O)c1c(Cl)cc(CCCC2CCN(C)CC2)cc1Cl. The highest BCUT2D eigenvalue weighted by Crippen LogP contribution is 2.37. The minimum absolute atomic E-state index is 0.0692. The lowest BCUT2D eigenvalue weighted by molar-refractivity contribution is 0.159. The third-order valence-corrected chi connectivity index (χ3v) is 9.23. The first-order valence-electron chi connectivity index (χ1n) is 11.4. The molecule has 190 valence electrons. The Morgan fingerprint density at radius 2 is 1.74 bits per heavy atom. The molecule has 1 aromatic heterocycles. The van der Waals surface area contributed by atoms with Crippen molar-refractivity contribution in [2.75, 3.05) is 31.0 Å². The smallest absolute Gasteiger partial charge is 0.267 e. The Bertz CT molecular complexity index is 1090. The Hall–Kier alpha value is -1.42. The highest BCUT2D eigenvalue weighted by atomic mass is 35.5. The third kappa shape index (κ3) is 6.04. The van der Waals surface area contributed by atoms with Crippen LogP contribution in [0.1, 0.15) is 42.6 Å². The van der Waals surface area contributed by atoms with E-state index < -0.39 is 23.0 Å². The molecule has 0 aliphatic carbocycles. The van der Waals surface area contributed by atoms with Gasteiger partial charge in [-0.2, -0.15) is 5.10 Å². The van der Waals surface area contributed by atoms with Gasteiger partial charge in [0, 0.05) is 7.05 Å². The highest BCUT2D eigenvalue weighted by Gasteiger charge is 2.35. The summed E-state index contributed by atoms with van der Waals surface area (Å²) in [6, 6.07) is 3.16. The fourth-order valence-electron chi connectivity index (χ4n) is 4.62. The fourth-order valence-corrected chi connectivity index (χ4v) is 7.38. The molecule has 11 heteroatoms. The Morgan fingerprint density at radius 3 is 2.24 bits per heavy atom. The summed E-state index contributed by atoms with van der Waals surface area (Å²) in [5.74, 6) is 0.690. The number of aromatic nitrogens is 2. The van der Waals surface area contributed by atoms with Gasteiger partial charge in [-0.1, -0.05) is 29.6 Å². The van der Waals surface area contributed by atoms with E-state index in [1.165, 1.54) is 17.5 Å². The van der Waals surface area contributed by atoms with Crippen LogP contribution < -0.4 is 4.31 Å². The molecule has 3 rings (SSSR count). The van der Waals surface area contributed by atoms with Gasteiger partial charge >= 0.3 is 0 Å². The van der Waals surface area contributed by atoms with Crippen LogP contribution in [0, 0.1) is 19.8 Å². The molecule has 6 nitrogen and oxygen atoms in total. The second kappa shape index (κ2) is 11.1. The molecule has 0 atom stereocenters. The first-order chi connectivity index (χ1) is 15.9. The van der Waals surface area contributed by atoms with Crippen LogP contribution in [0.25, 0.3) is 0 Å². The topological polar surface area (TPSA) is 58.4 Å². The first kappa shape index (κ1) is 27.2. The molecule has 0 bridgehead atoms. The molecule has 1 fully saturated rings. The highest BCUT2D eigenvalue weighted by molar-refractivity contribution is 7.93. The average Bonchev–Trinajstić information content (AvgIpc) is 2.98. The summed E-state index contributed by atoms with van der Waals surface area (Å²) in [5.41, 5.74) is 1.70. The number of hydrogen-bond acceptors (Lipinski definition) is 4. The number of aryl methyl sites for hydroxylation is 3. The fraction of sp³-hybridized carbons (Fsp3) is 0.609. The van der Waals surface area contributed by atoms with Crippen molar-refractivity contribution < 1.29 is 17.2 Å². The van der Waals surface area contributed by atoms with Crippen LogP contribution in [-0.2, 0) is 23.5 Å². The van der Waals surface area contributed by atoms with Crippen LogP contribution in [0.4, 0.5) is 14.5 Å². The van der Waals surface area contributed by atoms with E-state index in [2.05, 4.69) is 17.0 Å². The molecular formula is C23H32Cl2F2N4O2S. The molecule has 1 saturated heterocycles. The van der Waals surface area contributed by atoms with Gasteiger partial charge in [-0.25, -0.2) is 17.2 Å². The lowest BCUT2D eigenvalue weighted by atomic mass is 9.91. The molecule has 1 aliphatic rings. The summed E-state index contributed by atoms with van der Waals surface area (Å²) in [4.78, 5) is 1.97.